The van der Waals surface area contributed by atoms with Gasteiger partial charge in [-0.3, -0.25) is 0 Å². The largest absolute Gasteiger partial charge is 0.497 e. The summed E-state index contributed by atoms with van der Waals surface area (Å²) in [7, 11) is 1.69. The molecule has 0 saturated heterocycles. The number of aryl methyl sites for hydroxylation is 1. The Labute approximate surface area is 153 Å². The van der Waals surface area contributed by atoms with Gasteiger partial charge in [-0.05, 0) is 38.0 Å². The molecular formula is C20H25N3OS. The van der Waals surface area contributed by atoms with Crippen molar-refractivity contribution in [1.82, 2.24) is 9.97 Å². The number of nitrogens with zero attached hydrogens (tertiary/aromatic N) is 3. The van der Waals surface area contributed by atoms with Gasteiger partial charge in [-0.25, -0.2) is 9.97 Å². The van der Waals surface area contributed by atoms with Gasteiger partial charge in [0.05, 0.1) is 12.5 Å². The first-order valence-corrected chi connectivity index (χ1v) is 9.71. The maximum Gasteiger partial charge on any atom is 0.141 e. The Hall–Kier alpha value is -2.14. The Morgan fingerprint density at radius 2 is 1.88 bits per heavy atom. The summed E-state index contributed by atoms with van der Waals surface area (Å²) in [5, 5.41) is 3.36. The Kier molecular flexibility index (Phi) is 5.53. The summed E-state index contributed by atoms with van der Waals surface area (Å²) in [5.74, 6) is 2.76. The lowest BCUT2D eigenvalue weighted by Crippen LogP contribution is -2.25. The van der Waals surface area contributed by atoms with E-state index >= 15 is 0 Å². The summed E-state index contributed by atoms with van der Waals surface area (Å²) < 4.78 is 5.28. The first-order chi connectivity index (χ1) is 12.2. The molecule has 0 aliphatic carbocycles. The van der Waals surface area contributed by atoms with Crippen molar-refractivity contribution in [1.29, 1.82) is 0 Å². The smallest absolute Gasteiger partial charge is 0.141 e. The van der Waals surface area contributed by atoms with Crippen molar-refractivity contribution >= 4 is 27.4 Å². The lowest BCUT2D eigenvalue weighted by Gasteiger charge is -2.23. The first kappa shape index (κ1) is 17.7. The highest BCUT2D eigenvalue weighted by Crippen LogP contribution is 2.38. The van der Waals surface area contributed by atoms with E-state index in [9.17, 15) is 0 Å². The van der Waals surface area contributed by atoms with Gasteiger partial charge in [0.15, 0.2) is 0 Å². The third-order valence-electron chi connectivity index (χ3n) is 4.39. The number of unbranched alkanes of at least 4 members (excludes halogenated alkanes) is 1. The molecule has 132 valence electrons. The summed E-state index contributed by atoms with van der Waals surface area (Å²) in [6, 6.07) is 8.21. The Bertz CT molecular complexity index is 842. The fourth-order valence-electron chi connectivity index (χ4n) is 3.00. The van der Waals surface area contributed by atoms with E-state index in [0.717, 1.165) is 35.3 Å². The molecule has 0 bridgehead atoms. The molecule has 3 rings (SSSR count). The molecule has 4 nitrogen and oxygen atoms in total. The number of hydrogen-bond donors (Lipinski definition) is 0. The number of ether oxygens (including phenoxy) is 1. The summed E-state index contributed by atoms with van der Waals surface area (Å²) >= 11 is 1.69. The van der Waals surface area contributed by atoms with Crippen molar-refractivity contribution in [2.75, 3.05) is 25.1 Å². The second-order valence-electron chi connectivity index (χ2n) is 6.09. The molecule has 0 atom stereocenters. The minimum absolute atomic E-state index is 0.834. The lowest BCUT2D eigenvalue weighted by molar-refractivity contribution is 0.415. The molecular weight excluding hydrogens is 330 g/mol. The van der Waals surface area contributed by atoms with Crippen LogP contribution in [0.4, 0.5) is 5.82 Å². The van der Waals surface area contributed by atoms with Gasteiger partial charge in [0.2, 0.25) is 0 Å². The topological polar surface area (TPSA) is 38.2 Å². The predicted octanol–water partition coefficient (Wildman–Crippen LogP) is 5.30. The van der Waals surface area contributed by atoms with E-state index in [1.165, 1.54) is 29.4 Å². The van der Waals surface area contributed by atoms with Gasteiger partial charge in [-0.2, -0.15) is 0 Å². The van der Waals surface area contributed by atoms with Crippen molar-refractivity contribution in [3.8, 4) is 16.9 Å². The van der Waals surface area contributed by atoms with E-state index < -0.39 is 0 Å². The van der Waals surface area contributed by atoms with Crippen LogP contribution in [0.5, 0.6) is 5.75 Å². The Morgan fingerprint density at radius 1 is 1.12 bits per heavy atom. The van der Waals surface area contributed by atoms with Crippen LogP contribution < -0.4 is 9.64 Å². The molecule has 0 unspecified atom stereocenters. The number of anilines is 1. The molecule has 0 saturated carbocycles. The number of fused-ring (bicyclic) bond motifs is 1. The maximum absolute atomic E-state index is 5.28. The fourth-order valence-corrected chi connectivity index (χ4v) is 3.99. The third kappa shape index (κ3) is 3.61. The average molecular weight is 356 g/mol. The molecule has 0 spiro atoms. The summed E-state index contributed by atoms with van der Waals surface area (Å²) in [4.78, 5) is 12.9. The minimum atomic E-state index is 0.834. The highest BCUT2D eigenvalue weighted by Gasteiger charge is 2.18. The van der Waals surface area contributed by atoms with Crippen LogP contribution in [0, 0.1) is 6.92 Å². The highest BCUT2D eigenvalue weighted by molar-refractivity contribution is 7.17. The van der Waals surface area contributed by atoms with Crippen LogP contribution in [-0.2, 0) is 0 Å². The number of rotatable bonds is 7. The molecule has 3 aromatic rings. The third-order valence-corrected chi connectivity index (χ3v) is 5.26. The van der Waals surface area contributed by atoms with E-state index in [2.05, 4.69) is 41.2 Å². The zero-order valence-corrected chi connectivity index (χ0v) is 16.2. The maximum atomic E-state index is 5.28. The van der Waals surface area contributed by atoms with E-state index in [4.69, 9.17) is 9.72 Å². The van der Waals surface area contributed by atoms with Crippen molar-refractivity contribution < 1.29 is 4.74 Å². The van der Waals surface area contributed by atoms with Gasteiger partial charge in [0, 0.05) is 24.0 Å². The van der Waals surface area contributed by atoms with Crippen LogP contribution in [0.25, 0.3) is 21.3 Å². The molecule has 0 aliphatic rings. The quantitative estimate of drug-likeness (QED) is 0.576. The molecule has 0 aliphatic heterocycles. The van der Waals surface area contributed by atoms with Crippen LogP contribution in [0.3, 0.4) is 0 Å². The Morgan fingerprint density at radius 3 is 2.52 bits per heavy atom. The van der Waals surface area contributed by atoms with Crippen molar-refractivity contribution in [2.45, 2.75) is 33.6 Å². The highest BCUT2D eigenvalue weighted by atomic mass is 32.1. The monoisotopic (exact) mass is 355 g/mol. The van der Waals surface area contributed by atoms with E-state index in [1.54, 1.807) is 18.4 Å². The van der Waals surface area contributed by atoms with E-state index in [-0.39, 0.29) is 0 Å². The van der Waals surface area contributed by atoms with Gasteiger partial charge < -0.3 is 9.64 Å². The van der Waals surface area contributed by atoms with Crippen LogP contribution in [0.2, 0.25) is 0 Å². The lowest BCUT2D eigenvalue weighted by atomic mass is 10.1. The zero-order valence-electron chi connectivity index (χ0n) is 15.4. The van der Waals surface area contributed by atoms with Gasteiger partial charge in [-0.1, -0.05) is 25.5 Å². The van der Waals surface area contributed by atoms with Crippen LogP contribution in [0.1, 0.15) is 32.5 Å². The van der Waals surface area contributed by atoms with Gasteiger partial charge in [0.25, 0.3) is 0 Å². The number of hydrogen-bond acceptors (Lipinski definition) is 5. The fraction of sp³-hybridized carbons (Fsp3) is 0.400. The van der Waals surface area contributed by atoms with E-state index in [0.29, 0.717) is 0 Å². The molecule has 5 heteroatoms. The minimum Gasteiger partial charge on any atom is -0.497 e. The molecule has 1 aromatic carbocycles. The van der Waals surface area contributed by atoms with Gasteiger partial charge in [0.1, 0.15) is 22.2 Å². The van der Waals surface area contributed by atoms with Crippen LogP contribution in [-0.4, -0.2) is 30.2 Å². The molecule has 0 radical (unpaired) electrons. The van der Waals surface area contributed by atoms with Crippen LogP contribution >= 0.6 is 11.3 Å². The van der Waals surface area contributed by atoms with Crippen molar-refractivity contribution in [3.05, 3.63) is 35.5 Å². The average Bonchev–Trinajstić information content (AvgIpc) is 3.06. The molecule has 0 fully saturated rings. The molecule has 0 amide bonds. The van der Waals surface area contributed by atoms with Gasteiger partial charge in [-0.15, -0.1) is 11.3 Å². The zero-order chi connectivity index (χ0) is 17.8. The number of aromatic nitrogens is 2. The molecule has 25 heavy (non-hydrogen) atoms. The molecule has 0 N–H and O–H groups in total. The van der Waals surface area contributed by atoms with Crippen molar-refractivity contribution in [3.63, 3.8) is 0 Å². The SMILES string of the molecule is CCCCN(CC)c1nc(C)nc2scc(-c3ccc(OC)cc3)c12. The normalized spacial score (nSPS) is 11.0. The molecule has 2 heterocycles. The van der Waals surface area contributed by atoms with Crippen molar-refractivity contribution in [2.24, 2.45) is 0 Å². The second kappa shape index (κ2) is 7.83. The summed E-state index contributed by atoms with van der Waals surface area (Å²) in [5.41, 5.74) is 2.37. The molecule has 2 aromatic heterocycles. The number of benzene rings is 1. The standard InChI is InChI=1S/C20H25N3OS/c1-5-7-12-23(6-2)19-18-17(13-25-20(18)22-14(3)21-19)15-8-10-16(24-4)11-9-15/h8-11,13H,5-7,12H2,1-4H3. The summed E-state index contributed by atoms with van der Waals surface area (Å²) in [6.45, 7) is 8.36. The van der Waals surface area contributed by atoms with Crippen LogP contribution in [0.15, 0.2) is 29.6 Å². The van der Waals surface area contributed by atoms with Gasteiger partial charge >= 0.3 is 0 Å². The van der Waals surface area contributed by atoms with E-state index in [1.807, 2.05) is 19.1 Å². The predicted molar refractivity (Wildman–Crippen MR) is 107 cm³/mol. The number of thiophene rings is 1. The number of methoxy groups -OCH3 is 1. The second-order valence-corrected chi connectivity index (χ2v) is 6.94. The Balaban J connectivity index is 2.13. The summed E-state index contributed by atoms with van der Waals surface area (Å²) in [6.07, 6.45) is 2.35. The first-order valence-electron chi connectivity index (χ1n) is 8.83.